The fourth-order valence-electron chi connectivity index (χ4n) is 5.37. The van der Waals surface area contributed by atoms with Gasteiger partial charge in [0.2, 0.25) is 0 Å². The van der Waals surface area contributed by atoms with Crippen LogP contribution in [-0.2, 0) is 4.79 Å². The van der Waals surface area contributed by atoms with Gasteiger partial charge in [-0.2, -0.15) is 4.59 Å². The molecule has 4 aliphatic rings. The van der Waals surface area contributed by atoms with Crippen LogP contribution in [0.5, 0.6) is 0 Å². The number of carbonyl (C=O) groups excluding carboxylic acids is 1. The second kappa shape index (κ2) is 7.96. The Morgan fingerprint density at radius 3 is 2.59 bits per heavy atom. The Hall–Kier alpha value is -2.25. The molecule has 2 saturated heterocycles. The fraction of sp³-hybridized carbons (Fsp3) is 0.320. The molecule has 164 valence electrons. The van der Waals surface area contributed by atoms with Gasteiger partial charge in [-0.3, -0.25) is 4.79 Å². The van der Waals surface area contributed by atoms with E-state index in [0.717, 1.165) is 66.9 Å². The highest BCUT2D eigenvalue weighted by Crippen LogP contribution is 2.39. The lowest BCUT2D eigenvalue weighted by Gasteiger charge is -2.44. The summed E-state index contributed by atoms with van der Waals surface area (Å²) in [7, 11) is 0. The number of halogens is 1. The number of fused-ring (bicyclic) bond motifs is 2. The molecule has 2 aromatic rings. The number of hydrogen-bond donors (Lipinski definition) is 0. The summed E-state index contributed by atoms with van der Waals surface area (Å²) in [5.41, 5.74) is 3.40. The summed E-state index contributed by atoms with van der Waals surface area (Å²) in [6.07, 6.45) is 8.68. The van der Waals surface area contributed by atoms with Crippen LogP contribution in [0.4, 0.5) is 5.69 Å². The van der Waals surface area contributed by atoms with E-state index in [4.69, 9.17) is 11.6 Å². The number of nitrogens with zero attached hydrogens (tertiary/aromatic N) is 4. The van der Waals surface area contributed by atoms with Gasteiger partial charge in [-0.1, -0.05) is 35.9 Å². The van der Waals surface area contributed by atoms with E-state index in [1.54, 1.807) is 0 Å². The molecule has 0 N–H and O–H groups in total. The Labute approximate surface area is 197 Å². The highest BCUT2D eigenvalue weighted by atomic mass is 35.5. The molecule has 0 radical (unpaired) electrons. The molecule has 5 nitrogen and oxygen atoms in total. The molecule has 1 atom stereocenters. The van der Waals surface area contributed by atoms with Crippen molar-refractivity contribution in [3.63, 3.8) is 0 Å². The highest BCUT2D eigenvalue weighted by Gasteiger charge is 2.47. The van der Waals surface area contributed by atoms with Crippen molar-refractivity contribution >= 4 is 45.7 Å². The molecule has 2 fully saturated rings. The Morgan fingerprint density at radius 1 is 1.00 bits per heavy atom. The SMILES string of the molecule is O=C(C1=CC2=CC=C[N@@+]2(N2CCN(c3ccc(Cl)c4ccccc34)CC2)C1)N1CCSC1. The zero-order valence-corrected chi connectivity index (χ0v) is 19.5. The summed E-state index contributed by atoms with van der Waals surface area (Å²) in [6.45, 7) is 5.36. The number of rotatable bonds is 3. The minimum absolute atomic E-state index is 0.211. The van der Waals surface area contributed by atoms with Crippen LogP contribution in [0.15, 0.2) is 72.1 Å². The van der Waals surface area contributed by atoms with Crippen LogP contribution < -0.4 is 4.90 Å². The van der Waals surface area contributed by atoms with E-state index in [2.05, 4.69) is 58.6 Å². The first kappa shape index (κ1) is 20.4. The summed E-state index contributed by atoms with van der Waals surface area (Å²) >= 11 is 8.28. The van der Waals surface area contributed by atoms with Crippen molar-refractivity contribution in [3.05, 3.63) is 77.1 Å². The van der Waals surface area contributed by atoms with Crippen molar-refractivity contribution in [2.24, 2.45) is 0 Å². The minimum atomic E-state index is 0.211. The van der Waals surface area contributed by atoms with Crippen LogP contribution in [-0.4, -0.2) is 71.3 Å². The van der Waals surface area contributed by atoms with Gasteiger partial charge in [0.25, 0.3) is 5.91 Å². The monoisotopic (exact) mass is 465 g/mol. The summed E-state index contributed by atoms with van der Waals surface area (Å²) in [5, 5.41) is 5.63. The quantitative estimate of drug-likeness (QED) is 0.634. The summed E-state index contributed by atoms with van der Waals surface area (Å²) in [5.74, 6) is 2.07. The van der Waals surface area contributed by atoms with Crippen molar-refractivity contribution in [2.75, 3.05) is 55.8 Å². The van der Waals surface area contributed by atoms with Gasteiger partial charge < -0.3 is 9.80 Å². The lowest BCUT2D eigenvalue weighted by Crippen LogP contribution is -2.60. The first-order valence-electron chi connectivity index (χ1n) is 11.2. The van der Waals surface area contributed by atoms with Gasteiger partial charge in [0.1, 0.15) is 12.7 Å². The van der Waals surface area contributed by atoms with Gasteiger partial charge in [0.05, 0.1) is 24.5 Å². The zero-order valence-electron chi connectivity index (χ0n) is 17.9. The zero-order chi connectivity index (χ0) is 21.7. The predicted molar refractivity (Wildman–Crippen MR) is 132 cm³/mol. The van der Waals surface area contributed by atoms with Crippen molar-refractivity contribution in [1.82, 2.24) is 9.91 Å². The number of piperazine rings is 1. The molecule has 0 spiro atoms. The van der Waals surface area contributed by atoms with Gasteiger partial charge in [-0.25, -0.2) is 0 Å². The molecule has 0 aliphatic carbocycles. The average molecular weight is 466 g/mol. The molecule has 1 amide bonds. The van der Waals surface area contributed by atoms with E-state index < -0.39 is 0 Å². The highest BCUT2D eigenvalue weighted by molar-refractivity contribution is 7.99. The predicted octanol–water partition coefficient (Wildman–Crippen LogP) is 4.23. The topological polar surface area (TPSA) is 26.8 Å². The number of carbonyl (C=O) groups is 1. The average Bonchev–Trinajstić information content (AvgIpc) is 3.56. The maximum atomic E-state index is 13.0. The summed E-state index contributed by atoms with van der Waals surface area (Å²) in [4.78, 5) is 17.5. The molecule has 0 aromatic heterocycles. The van der Waals surface area contributed by atoms with Gasteiger partial charge in [-0.15, -0.1) is 16.8 Å². The van der Waals surface area contributed by atoms with E-state index in [9.17, 15) is 4.79 Å². The summed E-state index contributed by atoms with van der Waals surface area (Å²) < 4.78 is 0.664. The molecule has 4 heterocycles. The molecule has 0 unspecified atom stereocenters. The van der Waals surface area contributed by atoms with Crippen LogP contribution in [0.25, 0.3) is 10.8 Å². The van der Waals surface area contributed by atoms with Gasteiger partial charge in [-0.05, 0) is 18.2 Å². The number of amides is 1. The van der Waals surface area contributed by atoms with Gasteiger partial charge >= 0.3 is 0 Å². The first-order valence-corrected chi connectivity index (χ1v) is 12.7. The Balaban J connectivity index is 1.20. The van der Waals surface area contributed by atoms with E-state index >= 15 is 0 Å². The Kier molecular flexibility index (Phi) is 5.06. The van der Waals surface area contributed by atoms with E-state index in [1.165, 1.54) is 16.8 Å². The van der Waals surface area contributed by atoms with Crippen LogP contribution in [0.1, 0.15) is 0 Å². The van der Waals surface area contributed by atoms with E-state index in [0.29, 0.717) is 4.59 Å². The maximum absolute atomic E-state index is 13.0. The van der Waals surface area contributed by atoms with E-state index in [1.807, 2.05) is 28.8 Å². The molecule has 0 saturated carbocycles. The van der Waals surface area contributed by atoms with Crippen molar-refractivity contribution in [2.45, 2.75) is 0 Å². The smallest absolute Gasteiger partial charge is 0.256 e. The number of quaternary nitrogens is 1. The third kappa shape index (κ3) is 3.20. The normalized spacial score (nSPS) is 25.4. The van der Waals surface area contributed by atoms with Crippen LogP contribution in [0, 0.1) is 0 Å². The van der Waals surface area contributed by atoms with Crippen LogP contribution >= 0.6 is 23.4 Å². The number of anilines is 1. The molecule has 6 rings (SSSR count). The molecule has 4 aliphatic heterocycles. The molecule has 2 aromatic carbocycles. The largest absolute Gasteiger partial charge is 0.368 e. The van der Waals surface area contributed by atoms with Gasteiger partial charge in [0, 0.05) is 59.0 Å². The second-order valence-electron chi connectivity index (χ2n) is 8.75. The van der Waals surface area contributed by atoms with Crippen molar-refractivity contribution < 1.29 is 9.39 Å². The number of allylic oxidation sites excluding steroid dienone is 3. The standard InChI is InChI=1S/C25H26ClN4OS/c26-23-7-8-24(22-6-2-1-5-21(22)23)27-9-11-29(12-10-27)30-14-3-4-20(30)16-19(17-30)25(31)28-13-15-32-18-28/h1-8,14,16H,9-13,15,17-18H2/q+1/t30-/m1/s1. The Morgan fingerprint density at radius 2 is 1.81 bits per heavy atom. The third-order valence-corrected chi connectivity index (χ3v) is 8.34. The lowest BCUT2D eigenvalue weighted by atomic mass is 10.1. The fourth-order valence-corrected chi connectivity index (χ4v) is 6.54. The van der Waals surface area contributed by atoms with Crippen molar-refractivity contribution in [3.8, 4) is 0 Å². The number of benzene rings is 2. The lowest BCUT2D eigenvalue weighted by molar-refractivity contribution is -0.948. The van der Waals surface area contributed by atoms with Gasteiger partial charge in [0.15, 0.2) is 5.70 Å². The molecular formula is C25H26ClN4OS+. The number of hydrogen-bond acceptors (Lipinski definition) is 4. The summed E-state index contributed by atoms with van der Waals surface area (Å²) in [6, 6.07) is 12.5. The second-order valence-corrected chi connectivity index (χ2v) is 10.2. The van der Waals surface area contributed by atoms with Crippen molar-refractivity contribution in [1.29, 1.82) is 0 Å². The third-order valence-electron chi connectivity index (χ3n) is 7.04. The first-order chi connectivity index (χ1) is 15.7. The molecule has 0 bridgehead atoms. The minimum Gasteiger partial charge on any atom is -0.368 e. The maximum Gasteiger partial charge on any atom is 0.256 e. The molecule has 32 heavy (non-hydrogen) atoms. The Bertz CT molecular complexity index is 1180. The van der Waals surface area contributed by atoms with E-state index in [-0.39, 0.29) is 5.91 Å². The molecule has 7 heteroatoms. The molecular weight excluding hydrogens is 440 g/mol. The van der Waals surface area contributed by atoms with Crippen LogP contribution in [0.3, 0.4) is 0 Å². The number of thioether (sulfide) groups is 1. The van der Waals surface area contributed by atoms with Crippen LogP contribution in [0.2, 0.25) is 5.02 Å².